The molecule has 0 amide bonds. The van der Waals surface area contributed by atoms with E-state index >= 15 is 0 Å². The minimum Gasteiger partial charge on any atom is -0.494 e. The summed E-state index contributed by atoms with van der Waals surface area (Å²) in [5, 5.41) is 14.0. The Balaban J connectivity index is 1.90. The number of nitrogens with zero attached hydrogens (tertiary/aromatic N) is 3. The molecule has 4 rings (SSSR count). The van der Waals surface area contributed by atoms with Crippen molar-refractivity contribution in [2.45, 2.75) is 33.6 Å². The summed E-state index contributed by atoms with van der Waals surface area (Å²) in [6.45, 7) is 8.10. The molecule has 0 fully saturated rings. The first-order chi connectivity index (χ1) is 19.1. The standard InChI is InChI=1S/C30H30BrN3O6/c1-6-39-25-11-18(4)22(13-21(25)17(2)3)29-33-24-10-8-7-9-20(24)30(37)34(29)32-15-19-12-26(38-5)27(14-23(19)31)40-16-28(35)36/h7-15,17H,6,16H2,1-5H3,(H,35,36). The van der Waals surface area contributed by atoms with Crippen LogP contribution in [0, 0.1) is 6.92 Å². The number of rotatable bonds is 10. The lowest BCUT2D eigenvalue weighted by Crippen LogP contribution is -2.21. The smallest absolute Gasteiger partial charge is 0.341 e. The minimum absolute atomic E-state index is 0.176. The van der Waals surface area contributed by atoms with Gasteiger partial charge in [0.15, 0.2) is 23.9 Å². The maximum Gasteiger partial charge on any atom is 0.341 e. The first kappa shape index (κ1) is 28.8. The summed E-state index contributed by atoms with van der Waals surface area (Å²) in [7, 11) is 1.45. The molecular formula is C30H30BrN3O6. The summed E-state index contributed by atoms with van der Waals surface area (Å²) in [5.41, 5.74) is 3.49. The van der Waals surface area contributed by atoms with Crippen molar-refractivity contribution in [1.29, 1.82) is 0 Å². The highest BCUT2D eigenvalue weighted by Gasteiger charge is 2.19. The van der Waals surface area contributed by atoms with E-state index in [0.29, 0.717) is 39.1 Å². The zero-order valence-electron chi connectivity index (χ0n) is 22.9. The van der Waals surface area contributed by atoms with Crippen LogP contribution in [0.3, 0.4) is 0 Å². The van der Waals surface area contributed by atoms with Crippen LogP contribution in [0.5, 0.6) is 17.2 Å². The molecule has 4 aromatic rings. The molecule has 3 aromatic carbocycles. The second kappa shape index (κ2) is 12.3. The van der Waals surface area contributed by atoms with Gasteiger partial charge in [-0.1, -0.05) is 26.0 Å². The second-order valence-electron chi connectivity index (χ2n) is 9.31. The highest BCUT2D eigenvalue weighted by atomic mass is 79.9. The van der Waals surface area contributed by atoms with E-state index < -0.39 is 12.6 Å². The molecule has 1 aromatic heterocycles. The van der Waals surface area contributed by atoms with Crippen LogP contribution in [-0.4, -0.2) is 47.3 Å². The minimum atomic E-state index is -1.11. The molecule has 0 saturated carbocycles. The largest absolute Gasteiger partial charge is 0.494 e. The number of benzene rings is 3. The van der Waals surface area contributed by atoms with E-state index in [0.717, 1.165) is 22.4 Å². The number of carboxylic acids is 1. The predicted octanol–water partition coefficient (Wildman–Crippen LogP) is 6.01. The molecule has 9 nitrogen and oxygen atoms in total. The predicted molar refractivity (Wildman–Crippen MR) is 158 cm³/mol. The van der Waals surface area contributed by atoms with Crippen molar-refractivity contribution in [3.63, 3.8) is 0 Å². The van der Waals surface area contributed by atoms with E-state index in [1.165, 1.54) is 18.0 Å². The van der Waals surface area contributed by atoms with Gasteiger partial charge >= 0.3 is 5.97 Å². The van der Waals surface area contributed by atoms with E-state index in [9.17, 15) is 9.59 Å². The third-order valence-corrected chi connectivity index (χ3v) is 6.91. The van der Waals surface area contributed by atoms with Crippen LogP contribution in [0.4, 0.5) is 0 Å². The number of fused-ring (bicyclic) bond motifs is 1. The number of aromatic nitrogens is 2. The van der Waals surface area contributed by atoms with Gasteiger partial charge in [-0.05, 0) is 83.2 Å². The Labute approximate surface area is 240 Å². The molecule has 0 unspecified atom stereocenters. The first-order valence-corrected chi connectivity index (χ1v) is 13.5. The van der Waals surface area contributed by atoms with E-state index in [2.05, 4.69) is 34.9 Å². The van der Waals surface area contributed by atoms with Crippen LogP contribution >= 0.6 is 15.9 Å². The van der Waals surface area contributed by atoms with Crippen molar-refractivity contribution < 1.29 is 24.1 Å². The fourth-order valence-electron chi connectivity index (χ4n) is 4.26. The lowest BCUT2D eigenvalue weighted by Gasteiger charge is -2.18. The lowest BCUT2D eigenvalue weighted by molar-refractivity contribution is -0.139. The Morgan fingerprint density at radius 1 is 1.12 bits per heavy atom. The Morgan fingerprint density at radius 2 is 1.88 bits per heavy atom. The number of ether oxygens (including phenoxy) is 3. The van der Waals surface area contributed by atoms with Gasteiger partial charge in [0.25, 0.3) is 5.56 Å². The molecule has 0 bridgehead atoms. The molecule has 0 spiro atoms. The zero-order valence-corrected chi connectivity index (χ0v) is 24.5. The third kappa shape index (κ3) is 6.02. The normalized spacial score (nSPS) is 11.4. The van der Waals surface area contributed by atoms with Gasteiger partial charge in [-0.25, -0.2) is 9.78 Å². The van der Waals surface area contributed by atoms with Crippen molar-refractivity contribution in [3.8, 4) is 28.6 Å². The average molecular weight is 608 g/mol. The molecular weight excluding hydrogens is 578 g/mol. The number of hydrogen-bond donors (Lipinski definition) is 1. The monoisotopic (exact) mass is 607 g/mol. The highest BCUT2D eigenvalue weighted by molar-refractivity contribution is 9.10. The molecule has 0 aliphatic carbocycles. The van der Waals surface area contributed by atoms with Gasteiger partial charge in [0.1, 0.15) is 5.75 Å². The van der Waals surface area contributed by atoms with Crippen LogP contribution in [-0.2, 0) is 4.79 Å². The molecule has 0 aliphatic rings. The number of carbonyl (C=O) groups is 1. The number of carboxylic acid groups (broad SMARTS) is 1. The van der Waals surface area contributed by atoms with E-state index in [1.54, 1.807) is 30.3 Å². The number of hydrogen-bond acceptors (Lipinski definition) is 7. The molecule has 40 heavy (non-hydrogen) atoms. The van der Waals surface area contributed by atoms with Gasteiger partial charge in [0.2, 0.25) is 0 Å². The van der Waals surface area contributed by atoms with Crippen LogP contribution in [0.2, 0.25) is 0 Å². The van der Waals surface area contributed by atoms with Crippen molar-refractivity contribution in [3.05, 3.63) is 80.0 Å². The van der Waals surface area contributed by atoms with Crippen molar-refractivity contribution >= 4 is 39.0 Å². The van der Waals surface area contributed by atoms with Crippen LogP contribution in [0.25, 0.3) is 22.3 Å². The van der Waals surface area contributed by atoms with Gasteiger partial charge in [-0.15, -0.1) is 0 Å². The van der Waals surface area contributed by atoms with E-state index in [1.807, 2.05) is 32.0 Å². The summed E-state index contributed by atoms with van der Waals surface area (Å²) in [6.07, 6.45) is 1.52. The van der Waals surface area contributed by atoms with Crippen molar-refractivity contribution in [1.82, 2.24) is 9.66 Å². The molecule has 208 valence electrons. The molecule has 1 N–H and O–H groups in total. The molecule has 0 saturated heterocycles. The Morgan fingerprint density at radius 3 is 2.55 bits per heavy atom. The number of halogens is 1. The third-order valence-electron chi connectivity index (χ3n) is 6.22. The van der Waals surface area contributed by atoms with Crippen molar-refractivity contribution in [2.75, 3.05) is 20.3 Å². The van der Waals surface area contributed by atoms with Crippen LogP contribution in [0.1, 0.15) is 43.4 Å². The van der Waals surface area contributed by atoms with Gasteiger partial charge in [-0.3, -0.25) is 4.79 Å². The summed E-state index contributed by atoms with van der Waals surface area (Å²) < 4.78 is 18.5. The molecule has 10 heteroatoms. The van der Waals surface area contributed by atoms with Gasteiger partial charge in [-0.2, -0.15) is 9.78 Å². The topological polar surface area (TPSA) is 112 Å². The number of para-hydroxylation sites is 1. The first-order valence-electron chi connectivity index (χ1n) is 12.7. The van der Waals surface area contributed by atoms with Crippen molar-refractivity contribution in [2.24, 2.45) is 5.10 Å². The zero-order chi connectivity index (χ0) is 29.0. The van der Waals surface area contributed by atoms with E-state index in [4.69, 9.17) is 24.3 Å². The number of aliphatic carboxylic acids is 1. The fourth-order valence-corrected chi connectivity index (χ4v) is 4.68. The summed E-state index contributed by atoms with van der Waals surface area (Å²) in [6, 6.07) is 14.4. The maximum absolute atomic E-state index is 13.7. The van der Waals surface area contributed by atoms with Gasteiger partial charge < -0.3 is 19.3 Å². The van der Waals surface area contributed by atoms with Crippen LogP contribution < -0.4 is 19.8 Å². The Kier molecular flexibility index (Phi) is 8.89. The van der Waals surface area contributed by atoms with Gasteiger partial charge in [0.05, 0.1) is 30.8 Å². The molecule has 0 atom stereocenters. The van der Waals surface area contributed by atoms with Gasteiger partial charge in [0, 0.05) is 15.6 Å². The SMILES string of the molecule is CCOc1cc(C)c(-c2nc3ccccc3c(=O)n2N=Cc2cc(OC)c(OCC(=O)O)cc2Br)cc1C(C)C. The fraction of sp³-hybridized carbons (Fsp3) is 0.267. The molecule has 0 aliphatic heterocycles. The second-order valence-corrected chi connectivity index (χ2v) is 10.2. The summed E-state index contributed by atoms with van der Waals surface area (Å²) in [4.78, 5) is 29.5. The molecule has 0 radical (unpaired) electrons. The highest BCUT2D eigenvalue weighted by Crippen LogP contribution is 2.35. The number of aryl methyl sites for hydroxylation is 1. The Hall–Kier alpha value is -4.18. The summed E-state index contributed by atoms with van der Waals surface area (Å²) >= 11 is 3.48. The quantitative estimate of drug-likeness (QED) is 0.220. The Bertz CT molecular complexity index is 1660. The number of methoxy groups -OCH3 is 1. The molecule has 1 heterocycles. The van der Waals surface area contributed by atoms with E-state index in [-0.39, 0.29) is 17.2 Å². The summed E-state index contributed by atoms with van der Waals surface area (Å²) in [5.74, 6) is 0.842. The van der Waals surface area contributed by atoms with Crippen LogP contribution in [0.15, 0.2) is 62.9 Å². The maximum atomic E-state index is 13.7. The lowest BCUT2D eigenvalue weighted by atomic mass is 9.96. The average Bonchev–Trinajstić information content (AvgIpc) is 2.92.